The smallest absolute Gasteiger partial charge is 0.222 e. The minimum atomic E-state index is 0.0426. The highest BCUT2D eigenvalue weighted by atomic mass is 16.5. The molecule has 4 nitrogen and oxygen atoms in total. The predicted molar refractivity (Wildman–Crippen MR) is 64.3 cm³/mol. The molecule has 0 aromatic rings. The van der Waals surface area contributed by atoms with Crippen molar-refractivity contribution in [3.63, 3.8) is 0 Å². The maximum Gasteiger partial charge on any atom is 0.222 e. The molecule has 96 valence electrons. The molecule has 1 N–H and O–H groups in total. The highest BCUT2D eigenvalue weighted by molar-refractivity contribution is 5.76. The van der Waals surface area contributed by atoms with Crippen molar-refractivity contribution in [3.8, 4) is 0 Å². The molecule has 0 fully saturated rings. The van der Waals surface area contributed by atoms with Gasteiger partial charge in [-0.05, 0) is 19.8 Å². The third kappa shape index (κ3) is 7.65. The number of carbonyl (C=O) groups excluding carboxylic acids is 1. The van der Waals surface area contributed by atoms with Crippen LogP contribution in [-0.2, 0) is 9.53 Å². The van der Waals surface area contributed by atoms with Gasteiger partial charge < -0.3 is 14.7 Å². The first-order valence-corrected chi connectivity index (χ1v) is 6.22. The fourth-order valence-electron chi connectivity index (χ4n) is 1.46. The molecule has 0 saturated carbocycles. The number of aliphatic hydroxyl groups is 1. The van der Waals surface area contributed by atoms with Crippen LogP contribution in [0, 0.1) is 0 Å². The van der Waals surface area contributed by atoms with Crippen LogP contribution in [0.4, 0.5) is 0 Å². The van der Waals surface area contributed by atoms with Crippen molar-refractivity contribution in [2.45, 2.75) is 39.5 Å². The molecule has 0 aliphatic rings. The van der Waals surface area contributed by atoms with Gasteiger partial charge in [0.15, 0.2) is 0 Å². The van der Waals surface area contributed by atoms with Crippen LogP contribution >= 0.6 is 0 Å². The summed E-state index contributed by atoms with van der Waals surface area (Å²) in [6.07, 6.45) is 3.34. The molecule has 0 heterocycles. The van der Waals surface area contributed by atoms with Crippen LogP contribution in [-0.4, -0.2) is 48.8 Å². The van der Waals surface area contributed by atoms with Crippen LogP contribution in [0.15, 0.2) is 0 Å². The standard InChI is InChI=1S/C12H25NO3/c1-3-5-8-13(9-10-14)12(15)7-6-11-16-4-2/h14H,3-11H2,1-2H3. The maximum atomic E-state index is 11.8. The SMILES string of the molecule is CCCCN(CCO)C(=O)CCCOCC. The third-order valence-electron chi connectivity index (χ3n) is 2.39. The molecule has 4 heteroatoms. The van der Waals surface area contributed by atoms with Crippen LogP contribution in [0.3, 0.4) is 0 Å². The number of rotatable bonds is 10. The van der Waals surface area contributed by atoms with Gasteiger partial charge in [0.2, 0.25) is 5.91 Å². The van der Waals surface area contributed by atoms with E-state index in [1.807, 2.05) is 6.92 Å². The summed E-state index contributed by atoms with van der Waals surface area (Å²) in [5, 5.41) is 8.88. The third-order valence-corrected chi connectivity index (χ3v) is 2.39. The van der Waals surface area contributed by atoms with E-state index in [2.05, 4.69) is 6.92 Å². The van der Waals surface area contributed by atoms with Gasteiger partial charge in [0.25, 0.3) is 0 Å². The van der Waals surface area contributed by atoms with Gasteiger partial charge in [-0.1, -0.05) is 13.3 Å². The number of hydrogen-bond donors (Lipinski definition) is 1. The Bertz CT molecular complexity index is 174. The lowest BCUT2D eigenvalue weighted by atomic mass is 10.2. The molecule has 0 aliphatic carbocycles. The Morgan fingerprint density at radius 1 is 1.25 bits per heavy atom. The van der Waals surface area contributed by atoms with Gasteiger partial charge in [-0.25, -0.2) is 0 Å². The quantitative estimate of drug-likeness (QED) is 0.579. The van der Waals surface area contributed by atoms with Crippen molar-refractivity contribution in [2.75, 3.05) is 32.9 Å². The zero-order valence-corrected chi connectivity index (χ0v) is 10.6. The summed E-state index contributed by atoms with van der Waals surface area (Å²) in [6, 6.07) is 0. The summed E-state index contributed by atoms with van der Waals surface area (Å²) in [5.41, 5.74) is 0. The van der Waals surface area contributed by atoms with E-state index in [9.17, 15) is 4.79 Å². The van der Waals surface area contributed by atoms with Crippen LogP contribution in [0.1, 0.15) is 39.5 Å². The molecule has 0 radical (unpaired) electrons. The van der Waals surface area contributed by atoms with E-state index in [1.165, 1.54) is 0 Å². The number of hydrogen-bond acceptors (Lipinski definition) is 3. The van der Waals surface area contributed by atoms with Crippen molar-refractivity contribution < 1.29 is 14.6 Å². The molecule has 0 aliphatic heterocycles. The number of aliphatic hydroxyl groups excluding tert-OH is 1. The second-order valence-corrected chi connectivity index (χ2v) is 3.76. The normalized spacial score (nSPS) is 10.4. The van der Waals surface area contributed by atoms with Crippen LogP contribution in [0.5, 0.6) is 0 Å². The van der Waals surface area contributed by atoms with Crippen molar-refractivity contribution in [1.29, 1.82) is 0 Å². The molecule has 0 rings (SSSR count). The predicted octanol–water partition coefficient (Wildman–Crippen LogP) is 1.42. The molecule has 0 aromatic heterocycles. The number of unbranched alkanes of at least 4 members (excludes halogenated alkanes) is 1. The fraction of sp³-hybridized carbons (Fsp3) is 0.917. The highest BCUT2D eigenvalue weighted by Gasteiger charge is 2.11. The molecule has 16 heavy (non-hydrogen) atoms. The van der Waals surface area contributed by atoms with E-state index in [4.69, 9.17) is 9.84 Å². The Labute approximate surface area is 98.6 Å². The Kier molecular flexibility index (Phi) is 10.5. The Hall–Kier alpha value is -0.610. The fourth-order valence-corrected chi connectivity index (χ4v) is 1.46. The average Bonchev–Trinajstić information content (AvgIpc) is 2.29. The molecular weight excluding hydrogens is 206 g/mol. The second-order valence-electron chi connectivity index (χ2n) is 3.76. The molecule has 0 atom stereocenters. The summed E-state index contributed by atoms with van der Waals surface area (Å²) in [5.74, 6) is 0.127. The molecule has 0 aromatic carbocycles. The Balaban J connectivity index is 3.77. The van der Waals surface area contributed by atoms with Crippen LogP contribution < -0.4 is 0 Å². The van der Waals surface area contributed by atoms with E-state index in [0.29, 0.717) is 26.2 Å². The number of amides is 1. The first kappa shape index (κ1) is 15.4. The van der Waals surface area contributed by atoms with Crippen LogP contribution in [0.25, 0.3) is 0 Å². The van der Waals surface area contributed by atoms with Gasteiger partial charge >= 0.3 is 0 Å². The lowest BCUT2D eigenvalue weighted by Crippen LogP contribution is -2.34. The average molecular weight is 231 g/mol. The minimum Gasteiger partial charge on any atom is -0.395 e. The van der Waals surface area contributed by atoms with E-state index < -0.39 is 0 Å². The zero-order chi connectivity index (χ0) is 12.2. The van der Waals surface area contributed by atoms with Gasteiger partial charge in [0.05, 0.1) is 6.61 Å². The maximum absolute atomic E-state index is 11.8. The van der Waals surface area contributed by atoms with Gasteiger partial charge in [-0.3, -0.25) is 4.79 Å². The van der Waals surface area contributed by atoms with E-state index in [0.717, 1.165) is 25.8 Å². The lowest BCUT2D eigenvalue weighted by molar-refractivity contribution is -0.132. The van der Waals surface area contributed by atoms with E-state index in [-0.39, 0.29) is 12.5 Å². The molecule has 0 spiro atoms. The Morgan fingerprint density at radius 2 is 2.00 bits per heavy atom. The van der Waals surface area contributed by atoms with Gasteiger partial charge in [0, 0.05) is 32.7 Å². The number of carbonyl (C=O) groups is 1. The molecular formula is C12H25NO3. The van der Waals surface area contributed by atoms with Crippen molar-refractivity contribution >= 4 is 5.91 Å². The molecule has 0 unspecified atom stereocenters. The lowest BCUT2D eigenvalue weighted by Gasteiger charge is -2.21. The van der Waals surface area contributed by atoms with Crippen molar-refractivity contribution in [3.05, 3.63) is 0 Å². The summed E-state index contributed by atoms with van der Waals surface area (Å²) in [6.45, 7) is 6.63. The monoisotopic (exact) mass is 231 g/mol. The summed E-state index contributed by atoms with van der Waals surface area (Å²) in [7, 11) is 0. The van der Waals surface area contributed by atoms with Crippen LogP contribution in [0.2, 0.25) is 0 Å². The molecule has 0 saturated heterocycles. The molecule has 0 bridgehead atoms. The van der Waals surface area contributed by atoms with E-state index >= 15 is 0 Å². The van der Waals surface area contributed by atoms with Gasteiger partial charge in [0.1, 0.15) is 0 Å². The number of ether oxygens (including phenoxy) is 1. The van der Waals surface area contributed by atoms with Gasteiger partial charge in [-0.2, -0.15) is 0 Å². The van der Waals surface area contributed by atoms with Gasteiger partial charge in [-0.15, -0.1) is 0 Å². The summed E-state index contributed by atoms with van der Waals surface area (Å²) in [4.78, 5) is 13.5. The first-order valence-electron chi connectivity index (χ1n) is 6.22. The molecule has 1 amide bonds. The van der Waals surface area contributed by atoms with E-state index in [1.54, 1.807) is 4.90 Å². The number of nitrogens with zero attached hydrogens (tertiary/aromatic N) is 1. The summed E-state index contributed by atoms with van der Waals surface area (Å²) < 4.78 is 5.18. The zero-order valence-electron chi connectivity index (χ0n) is 10.6. The topological polar surface area (TPSA) is 49.8 Å². The Morgan fingerprint density at radius 3 is 2.56 bits per heavy atom. The van der Waals surface area contributed by atoms with Crippen molar-refractivity contribution in [2.24, 2.45) is 0 Å². The summed E-state index contributed by atoms with van der Waals surface area (Å²) >= 11 is 0. The van der Waals surface area contributed by atoms with Crippen molar-refractivity contribution in [1.82, 2.24) is 4.90 Å². The largest absolute Gasteiger partial charge is 0.395 e. The second kappa shape index (κ2) is 10.9. The minimum absolute atomic E-state index is 0.0426. The first-order chi connectivity index (χ1) is 7.76. The highest BCUT2D eigenvalue weighted by Crippen LogP contribution is 2.01.